The van der Waals surface area contributed by atoms with Gasteiger partial charge >= 0.3 is 5.97 Å². The molecule has 0 radical (unpaired) electrons. The van der Waals surface area contributed by atoms with Crippen molar-refractivity contribution in [2.24, 2.45) is 23.5 Å². The van der Waals surface area contributed by atoms with Crippen LogP contribution < -0.4 is 5.73 Å². The first kappa shape index (κ1) is 18.2. The van der Waals surface area contributed by atoms with Gasteiger partial charge in [0.15, 0.2) is 0 Å². The predicted molar refractivity (Wildman–Crippen MR) is 80.8 cm³/mol. The minimum Gasteiger partial charge on any atom is -0.460 e. The Balaban J connectivity index is 4.58. The van der Waals surface area contributed by atoms with E-state index in [0.29, 0.717) is 18.4 Å². The summed E-state index contributed by atoms with van der Waals surface area (Å²) in [4.78, 5) is 12.1. The summed E-state index contributed by atoms with van der Waals surface area (Å²) < 4.78 is 5.47. The van der Waals surface area contributed by atoms with E-state index in [4.69, 9.17) is 10.5 Å². The van der Waals surface area contributed by atoms with Gasteiger partial charge in [-0.2, -0.15) is 0 Å². The molecule has 0 spiro atoms. The van der Waals surface area contributed by atoms with Crippen LogP contribution in [0, 0.1) is 17.8 Å². The molecule has 2 N–H and O–H groups in total. The third-order valence-corrected chi connectivity index (χ3v) is 2.74. The molecule has 0 amide bonds. The maximum Gasteiger partial charge on any atom is 0.313 e. The number of allylic oxidation sites excluding steroid dienone is 1. The van der Waals surface area contributed by atoms with E-state index >= 15 is 0 Å². The molecule has 112 valence electrons. The molecule has 0 saturated carbocycles. The minimum atomic E-state index is -0.426. The summed E-state index contributed by atoms with van der Waals surface area (Å²) >= 11 is 0. The Bertz CT molecular complexity index is 290. The molecule has 0 heterocycles. The molecular formula is C16H31NO2. The molecule has 0 aliphatic heterocycles. The quantitative estimate of drug-likeness (QED) is 0.568. The summed E-state index contributed by atoms with van der Waals surface area (Å²) in [6, 6.07) is 0. The molecule has 0 aliphatic rings. The second-order valence-electron chi connectivity index (χ2n) is 6.77. The molecule has 0 aliphatic carbocycles. The molecule has 0 saturated heterocycles. The second-order valence-corrected chi connectivity index (χ2v) is 6.77. The van der Waals surface area contributed by atoms with Gasteiger partial charge in [-0.15, -0.1) is 0 Å². The van der Waals surface area contributed by atoms with Gasteiger partial charge in [0, 0.05) is 0 Å². The summed E-state index contributed by atoms with van der Waals surface area (Å²) in [7, 11) is 0. The number of nitrogens with two attached hydrogens (primary N) is 1. The van der Waals surface area contributed by atoms with Crippen LogP contribution in [0.25, 0.3) is 0 Å². The fourth-order valence-corrected chi connectivity index (χ4v) is 1.71. The Morgan fingerprint density at radius 1 is 1.26 bits per heavy atom. The third-order valence-electron chi connectivity index (χ3n) is 2.74. The van der Waals surface area contributed by atoms with E-state index in [1.807, 2.05) is 26.8 Å². The minimum absolute atomic E-state index is 0.127. The van der Waals surface area contributed by atoms with Crippen molar-refractivity contribution >= 4 is 5.97 Å². The topological polar surface area (TPSA) is 52.3 Å². The monoisotopic (exact) mass is 269 g/mol. The highest BCUT2D eigenvalue weighted by Gasteiger charge is 2.23. The Morgan fingerprint density at radius 2 is 1.84 bits per heavy atom. The Morgan fingerprint density at radius 3 is 2.26 bits per heavy atom. The third kappa shape index (κ3) is 9.71. The van der Waals surface area contributed by atoms with Crippen LogP contribution in [0.15, 0.2) is 12.2 Å². The van der Waals surface area contributed by atoms with Crippen LogP contribution in [-0.2, 0) is 9.53 Å². The van der Waals surface area contributed by atoms with Crippen molar-refractivity contribution in [3.05, 3.63) is 12.2 Å². The highest BCUT2D eigenvalue weighted by molar-refractivity contribution is 5.74. The zero-order valence-corrected chi connectivity index (χ0v) is 13.4. The van der Waals surface area contributed by atoms with E-state index in [1.54, 1.807) is 0 Å². The van der Waals surface area contributed by atoms with Crippen LogP contribution in [0.1, 0.15) is 54.4 Å². The van der Waals surface area contributed by atoms with E-state index in [9.17, 15) is 4.79 Å². The van der Waals surface area contributed by atoms with Crippen LogP contribution >= 0.6 is 0 Å². The van der Waals surface area contributed by atoms with Crippen LogP contribution in [0.2, 0.25) is 0 Å². The first-order chi connectivity index (χ1) is 8.65. The van der Waals surface area contributed by atoms with Crippen molar-refractivity contribution in [3.63, 3.8) is 0 Å². The average molecular weight is 269 g/mol. The molecule has 1 unspecified atom stereocenters. The van der Waals surface area contributed by atoms with Gasteiger partial charge in [0.1, 0.15) is 5.60 Å². The number of ether oxygens (including phenoxy) is 1. The van der Waals surface area contributed by atoms with Crippen molar-refractivity contribution in [1.29, 1.82) is 0 Å². The smallest absolute Gasteiger partial charge is 0.313 e. The molecule has 0 rings (SSSR count). The predicted octanol–water partition coefficient (Wildman–Crippen LogP) is 3.53. The lowest BCUT2D eigenvalue weighted by molar-refractivity contribution is -0.158. The molecule has 0 aromatic carbocycles. The SMILES string of the molecule is CC(C)C[C@@H](C=CCC(C)CN)C(=O)OC(C)(C)C. The second kappa shape index (κ2) is 8.36. The molecule has 19 heavy (non-hydrogen) atoms. The first-order valence-corrected chi connectivity index (χ1v) is 7.25. The van der Waals surface area contributed by atoms with E-state index < -0.39 is 5.60 Å². The molecule has 0 fully saturated rings. The lowest BCUT2D eigenvalue weighted by atomic mass is 9.95. The van der Waals surface area contributed by atoms with Gasteiger partial charge < -0.3 is 10.5 Å². The molecule has 3 nitrogen and oxygen atoms in total. The Hall–Kier alpha value is -0.830. The van der Waals surface area contributed by atoms with Crippen LogP contribution in [0.4, 0.5) is 0 Å². The lowest BCUT2D eigenvalue weighted by Gasteiger charge is -2.23. The molecule has 0 bridgehead atoms. The van der Waals surface area contributed by atoms with Gasteiger partial charge in [-0.05, 0) is 52.0 Å². The van der Waals surface area contributed by atoms with Gasteiger partial charge in [0.2, 0.25) is 0 Å². The van der Waals surface area contributed by atoms with E-state index in [1.165, 1.54) is 0 Å². The molecular weight excluding hydrogens is 238 g/mol. The number of carbonyl (C=O) groups excluding carboxylic acids is 1. The lowest BCUT2D eigenvalue weighted by Crippen LogP contribution is -2.28. The summed E-state index contributed by atoms with van der Waals surface area (Å²) in [6.45, 7) is 12.7. The van der Waals surface area contributed by atoms with Gasteiger partial charge in [-0.25, -0.2) is 0 Å². The Labute approximate surface area is 118 Å². The fraction of sp³-hybridized carbons (Fsp3) is 0.812. The summed E-state index contributed by atoms with van der Waals surface area (Å²) in [6.07, 6.45) is 5.78. The first-order valence-electron chi connectivity index (χ1n) is 7.25. The number of carbonyl (C=O) groups is 1. The highest BCUT2D eigenvalue weighted by Crippen LogP contribution is 2.19. The number of hydrogen-bond acceptors (Lipinski definition) is 3. The van der Waals surface area contributed by atoms with Gasteiger partial charge in [-0.1, -0.05) is 32.9 Å². The largest absolute Gasteiger partial charge is 0.460 e. The van der Waals surface area contributed by atoms with Crippen LogP contribution in [0.3, 0.4) is 0 Å². The number of rotatable bonds is 7. The Kier molecular flexibility index (Phi) is 8.00. The van der Waals surface area contributed by atoms with Crippen molar-refractivity contribution in [1.82, 2.24) is 0 Å². The molecule has 0 aromatic heterocycles. The molecule has 2 atom stereocenters. The van der Waals surface area contributed by atoms with Crippen molar-refractivity contribution in [2.45, 2.75) is 60.0 Å². The van der Waals surface area contributed by atoms with Gasteiger partial charge in [0.25, 0.3) is 0 Å². The number of esters is 1. The average Bonchev–Trinajstić information content (AvgIpc) is 2.24. The summed E-state index contributed by atoms with van der Waals surface area (Å²) in [5, 5.41) is 0. The molecule has 0 aromatic rings. The zero-order chi connectivity index (χ0) is 15.1. The maximum absolute atomic E-state index is 12.1. The summed E-state index contributed by atoms with van der Waals surface area (Å²) in [5.74, 6) is 0.644. The standard InChI is InChI=1S/C16H31NO2/c1-12(2)10-14(9-7-8-13(3)11-17)15(18)19-16(4,5)6/h7,9,12-14H,8,10-11,17H2,1-6H3/t13?,14-/m1/s1. The van der Waals surface area contributed by atoms with E-state index in [0.717, 1.165) is 12.8 Å². The van der Waals surface area contributed by atoms with Crippen molar-refractivity contribution in [3.8, 4) is 0 Å². The normalized spacial score (nSPS) is 15.8. The van der Waals surface area contributed by atoms with Crippen LogP contribution in [0.5, 0.6) is 0 Å². The van der Waals surface area contributed by atoms with Gasteiger partial charge in [0.05, 0.1) is 5.92 Å². The zero-order valence-electron chi connectivity index (χ0n) is 13.4. The van der Waals surface area contributed by atoms with E-state index in [2.05, 4.69) is 26.8 Å². The van der Waals surface area contributed by atoms with Gasteiger partial charge in [-0.3, -0.25) is 4.79 Å². The van der Waals surface area contributed by atoms with Crippen molar-refractivity contribution in [2.75, 3.05) is 6.54 Å². The van der Waals surface area contributed by atoms with E-state index in [-0.39, 0.29) is 11.9 Å². The van der Waals surface area contributed by atoms with Crippen molar-refractivity contribution < 1.29 is 9.53 Å². The fourth-order valence-electron chi connectivity index (χ4n) is 1.71. The maximum atomic E-state index is 12.1. The number of hydrogen-bond donors (Lipinski definition) is 1. The molecule has 3 heteroatoms. The van der Waals surface area contributed by atoms with Crippen LogP contribution in [-0.4, -0.2) is 18.1 Å². The summed E-state index contributed by atoms with van der Waals surface area (Å²) in [5.41, 5.74) is 5.16. The highest BCUT2D eigenvalue weighted by atomic mass is 16.6.